The van der Waals surface area contributed by atoms with E-state index in [1.807, 2.05) is 19.9 Å². The van der Waals surface area contributed by atoms with E-state index in [4.69, 9.17) is 9.47 Å². The second-order valence-corrected chi connectivity index (χ2v) is 10.7. The number of fused-ring (bicyclic) bond motifs is 1. The molecule has 3 fully saturated rings. The molecule has 1 aromatic heterocycles. The second-order valence-electron chi connectivity index (χ2n) is 10.7. The fourth-order valence-electron chi connectivity index (χ4n) is 6.28. The van der Waals surface area contributed by atoms with Crippen molar-refractivity contribution >= 4 is 5.82 Å². The Bertz CT molecular complexity index is 1070. The van der Waals surface area contributed by atoms with Crippen LogP contribution >= 0.6 is 0 Å². The molecule has 0 radical (unpaired) electrons. The summed E-state index contributed by atoms with van der Waals surface area (Å²) in [5, 5.41) is 11.4. The molecular formula is C27H35F3N4O2. The molecule has 2 aliphatic heterocycles. The van der Waals surface area contributed by atoms with E-state index < -0.39 is 11.7 Å². The number of hydrogen-bond acceptors (Lipinski definition) is 6. The minimum absolute atomic E-state index is 0.0172. The lowest BCUT2D eigenvalue weighted by molar-refractivity contribution is -0.137. The van der Waals surface area contributed by atoms with Crippen LogP contribution in [0.25, 0.3) is 11.3 Å². The first kappa shape index (κ1) is 25.3. The maximum Gasteiger partial charge on any atom is 0.420 e. The third-order valence-electron chi connectivity index (χ3n) is 8.14. The minimum atomic E-state index is -4.53. The summed E-state index contributed by atoms with van der Waals surface area (Å²) in [4.78, 5) is 2.55. The number of nitrogens with zero attached hydrogens (tertiary/aromatic N) is 3. The Labute approximate surface area is 210 Å². The highest BCUT2D eigenvalue weighted by molar-refractivity contribution is 5.68. The minimum Gasteiger partial charge on any atom is -0.496 e. The van der Waals surface area contributed by atoms with Crippen LogP contribution in [0.5, 0.6) is 5.75 Å². The summed E-state index contributed by atoms with van der Waals surface area (Å²) in [7, 11) is 1.57. The molecule has 2 atom stereocenters. The van der Waals surface area contributed by atoms with Gasteiger partial charge < -0.3 is 19.7 Å². The van der Waals surface area contributed by atoms with Gasteiger partial charge in [-0.1, -0.05) is 0 Å². The van der Waals surface area contributed by atoms with Crippen LogP contribution in [0, 0.1) is 31.6 Å². The standard InChI is InChI=1S/C27H35F3N4O2/c1-16-9-25(35-3)17(2)8-22(16)24-12-23(27(28,29)30)26(33-32-24)31-21-10-19-14-34(15-20(19)11-21)13-18-4-6-36-7-5-18/h8-9,12,18-21H,4-7,10-11,13-15H2,1-3H3,(H,31,33)/t19-,20-/m1/s1. The van der Waals surface area contributed by atoms with Crippen LogP contribution in [-0.4, -0.2) is 61.1 Å². The number of aryl methyl sites for hydroxylation is 2. The van der Waals surface area contributed by atoms with Crippen LogP contribution < -0.4 is 10.1 Å². The molecule has 196 valence electrons. The number of alkyl halides is 3. The highest BCUT2D eigenvalue weighted by atomic mass is 19.4. The number of aromatic nitrogens is 2. The molecule has 0 amide bonds. The van der Waals surface area contributed by atoms with E-state index in [2.05, 4.69) is 20.4 Å². The van der Waals surface area contributed by atoms with Gasteiger partial charge in [0.05, 0.1) is 12.8 Å². The van der Waals surface area contributed by atoms with E-state index in [1.165, 1.54) is 0 Å². The number of hydrogen-bond donors (Lipinski definition) is 1. The summed E-state index contributed by atoms with van der Waals surface area (Å²) in [5.74, 6) is 2.27. The van der Waals surface area contributed by atoms with Crippen LogP contribution in [0.3, 0.4) is 0 Å². The van der Waals surface area contributed by atoms with Gasteiger partial charge in [-0.15, -0.1) is 10.2 Å². The maximum atomic E-state index is 14.1. The summed E-state index contributed by atoms with van der Waals surface area (Å²) < 4.78 is 53.0. The zero-order chi connectivity index (χ0) is 25.4. The third-order valence-corrected chi connectivity index (χ3v) is 8.14. The largest absolute Gasteiger partial charge is 0.496 e. The lowest BCUT2D eigenvalue weighted by Gasteiger charge is -2.28. The van der Waals surface area contributed by atoms with Crippen LogP contribution in [0.2, 0.25) is 0 Å². The topological polar surface area (TPSA) is 59.5 Å². The molecule has 3 heterocycles. The van der Waals surface area contributed by atoms with E-state index in [9.17, 15) is 13.2 Å². The number of likely N-dealkylation sites (tertiary alicyclic amines) is 1. The second kappa shape index (κ2) is 10.2. The molecule has 6 nitrogen and oxygen atoms in total. The quantitative estimate of drug-likeness (QED) is 0.573. The molecule has 1 aliphatic carbocycles. The summed E-state index contributed by atoms with van der Waals surface area (Å²) in [6.45, 7) is 8.59. The van der Waals surface area contributed by atoms with Gasteiger partial charge >= 0.3 is 6.18 Å². The predicted molar refractivity (Wildman–Crippen MR) is 132 cm³/mol. The predicted octanol–water partition coefficient (Wildman–Crippen LogP) is 5.34. The van der Waals surface area contributed by atoms with Crippen molar-refractivity contribution in [3.05, 3.63) is 34.9 Å². The molecule has 36 heavy (non-hydrogen) atoms. The number of nitrogens with one attached hydrogen (secondary N) is 1. The van der Waals surface area contributed by atoms with Crippen LogP contribution in [0.1, 0.15) is 42.4 Å². The summed E-state index contributed by atoms with van der Waals surface area (Å²) in [6.07, 6.45) is -0.544. The highest BCUT2D eigenvalue weighted by Gasteiger charge is 2.43. The molecule has 0 spiro atoms. The van der Waals surface area contributed by atoms with Crippen molar-refractivity contribution in [2.75, 3.05) is 45.3 Å². The van der Waals surface area contributed by atoms with Crippen molar-refractivity contribution < 1.29 is 22.6 Å². The van der Waals surface area contributed by atoms with Crippen molar-refractivity contribution in [3.8, 4) is 17.0 Å². The smallest absolute Gasteiger partial charge is 0.420 e. The van der Waals surface area contributed by atoms with Gasteiger partial charge in [0.2, 0.25) is 0 Å². The Hall–Kier alpha value is -2.39. The van der Waals surface area contributed by atoms with Gasteiger partial charge in [-0.2, -0.15) is 13.2 Å². The van der Waals surface area contributed by atoms with Gasteiger partial charge in [0.1, 0.15) is 11.3 Å². The number of halogens is 3. The van der Waals surface area contributed by atoms with Gasteiger partial charge in [0, 0.05) is 44.5 Å². The van der Waals surface area contributed by atoms with Gasteiger partial charge in [-0.25, -0.2) is 0 Å². The Balaban J connectivity index is 1.28. The van der Waals surface area contributed by atoms with Crippen molar-refractivity contribution in [2.24, 2.45) is 17.8 Å². The van der Waals surface area contributed by atoms with Crippen LogP contribution in [0.15, 0.2) is 18.2 Å². The van der Waals surface area contributed by atoms with Crippen molar-refractivity contribution in [2.45, 2.75) is 51.7 Å². The van der Waals surface area contributed by atoms with Crippen molar-refractivity contribution in [3.63, 3.8) is 0 Å². The fraction of sp³-hybridized carbons (Fsp3) is 0.630. The Morgan fingerprint density at radius 3 is 2.36 bits per heavy atom. The molecule has 0 bridgehead atoms. The van der Waals surface area contributed by atoms with E-state index in [0.717, 1.165) is 75.7 Å². The summed E-state index contributed by atoms with van der Waals surface area (Å²) >= 11 is 0. The zero-order valence-electron chi connectivity index (χ0n) is 21.2. The SMILES string of the molecule is COc1cc(C)c(-c2cc(C(F)(F)F)c(NC3C[C@@H]4CN(CC5CCOCC5)C[C@H]4C3)nn2)cc1C. The fourth-order valence-corrected chi connectivity index (χ4v) is 6.28. The number of methoxy groups -OCH3 is 1. The Morgan fingerprint density at radius 2 is 1.72 bits per heavy atom. The normalized spacial score (nSPS) is 23.7. The molecule has 2 saturated heterocycles. The number of rotatable bonds is 6. The number of ether oxygens (including phenoxy) is 2. The zero-order valence-corrected chi connectivity index (χ0v) is 21.2. The van der Waals surface area contributed by atoms with E-state index in [-0.39, 0.29) is 17.6 Å². The molecule has 1 N–H and O–H groups in total. The first-order valence-corrected chi connectivity index (χ1v) is 12.9. The molecule has 5 rings (SSSR count). The van der Waals surface area contributed by atoms with E-state index in [1.54, 1.807) is 13.2 Å². The Morgan fingerprint density at radius 1 is 1.03 bits per heavy atom. The average Bonchev–Trinajstić information content (AvgIpc) is 3.38. The monoisotopic (exact) mass is 504 g/mol. The van der Waals surface area contributed by atoms with E-state index in [0.29, 0.717) is 29.1 Å². The lowest BCUT2D eigenvalue weighted by Crippen LogP contribution is -2.32. The summed E-state index contributed by atoms with van der Waals surface area (Å²) in [5.41, 5.74) is 1.69. The van der Waals surface area contributed by atoms with Gasteiger partial charge in [-0.05, 0) is 86.6 Å². The molecule has 1 saturated carbocycles. The first-order valence-electron chi connectivity index (χ1n) is 12.9. The molecule has 1 aromatic carbocycles. The molecule has 2 aromatic rings. The van der Waals surface area contributed by atoms with Gasteiger partial charge in [-0.3, -0.25) is 0 Å². The van der Waals surface area contributed by atoms with Crippen LogP contribution in [-0.2, 0) is 10.9 Å². The van der Waals surface area contributed by atoms with Gasteiger partial charge in [0.25, 0.3) is 0 Å². The summed E-state index contributed by atoms with van der Waals surface area (Å²) in [6, 6.07) is 4.72. The molecule has 0 unspecified atom stereocenters. The third kappa shape index (κ3) is 5.32. The number of benzene rings is 1. The first-order chi connectivity index (χ1) is 17.2. The van der Waals surface area contributed by atoms with Crippen molar-refractivity contribution in [1.29, 1.82) is 0 Å². The van der Waals surface area contributed by atoms with Crippen molar-refractivity contribution in [1.82, 2.24) is 15.1 Å². The maximum absolute atomic E-state index is 14.1. The van der Waals surface area contributed by atoms with Gasteiger partial charge in [0.15, 0.2) is 5.82 Å². The average molecular weight is 505 g/mol. The molecular weight excluding hydrogens is 469 g/mol. The molecule has 3 aliphatic rings. The van der Waals surface area contributed by atoms with Crippen LogP contribution in [0.4, 0.5) is 19.0 Å². The highest BCUT2D eigenvalue weighted by Crippen LogP contribution is 2.42. The Kier molecular flexibility index (Phi) is 7.14. The van der Waals surface area contributed by atoms with E-state index >= 15 is 0 Å². The molecule has 9 heteroatoms. The number of anilines is 1. The lowest BCUT2D eigenvalue weighted by atomic mass is 10.00.